The van der Waals surface area contributed by atoms with Crippen molar-refractivity contribution in [3.63, 3.8) is 0 Å². The third-order valence-corrected chi connectivity index (χ3v) is 7.06. The van der Waals surface area contributed by atoms with Crippen molar-refractivity contribution < 1.29 is 13.2 Å². The first-order chi connectivity index (χ1) is 12.0. The molecular weight excluding hydrogens is 345 g/mol. The standard InChI is InChI=1S/C19H23F3N2S/c20-19(21,22)14-7-9-15(10-8-14)23-17-24(16-5-1-2-6-16)18(13-25-17)11-3-4-12-18/h7-10,16H,1-6,11-13H2. The summed E-state index contributed by atoms with van der Waals surface area (Å²) in [4.78, 5) is 7.33. The van der Waals surface area contributed by atoms with Gasteiger partial charge in [-0.25, -0.2) is 4.99 Å². The minimum absolute atomic E-state index is 0.240. The van der Waals surface area contributed by atoms with Gasteiger partial charge in [0.25, 0.3) is 0 Å². The SMILES string of the molecule is FC(F)(F)c1ccc(N=C2SCC3(CCCC3)N2C2CCCC2)cc1. The topological polar surface area (TPSA) is 15.6 Å². The van der Waals surface area contributed by atoms with E-state index in [1.165, 1.54) is 63.5 Å². The van der Waals surface area contributed by atoms with Crippen LogP contribution in [0, 0.1) is 0 Å². The molecule has 0 bridgehead atoms. The number of alkyl halides is 3. The molecule has 0 atom stereocenters. The predicted octanol–water partition coefficient (Wildman–Crippen LogP) is 6.00. The van der Waals surface area contributed by atoms with E-state index in [0.29, 0.717) is 11.7 Å². The lowest BCUT2D eigenvalue weighted by atomic mass is 9.95. The molecule has 1 heterocycles. The molecule has 0 N–H and O–H groups in total. The van der Waals surface area contributed by atoms with Crippen LogP contribution in [-0.2, 0) is 6.18 Å². The van der Waals surface area contributed by atoms with Gasteiger partial charge in [-0.2, -0.15) is 13.2 Å². The molecule has 1 spiro atoms. The fourth-order valence-electron chi connectivity index (χ4n) is 4.59. The fourth-order valence-corrected chi connectivity index (χ4v) is 6.06. The van der Waals surface area contributed by atoms with Crippen LogP contribution in [0.5, 0.6) is 0 Å². The second kappa shape index (κ2) is 6.53. The quantitative estimate of drug-likeness (QED) is 0.636. The summed E-state index contributed by atoms with van der Waals surface area (Å²) in [7, 11) is 0. The monoisotopic (exact) mass is 368 g/mol. The van der Waals surface area contributed by atoms with Crippen molar-refractivity contribution in [2.24, 2.45) is 4.99 Å². The zero-order valence-corrected chi connectivity index (χ0v) is 15.0. The van der Waals surface area contributed by atoms with Crippen molar-refractivity contribution >= 4 is 22.6 Å². The van der Waals surface area contributed by atoms with Gasteiger partial charge in [-0.15, -0.1) is 0 Å². The smallest absolute Gasteiger partial charge is 0.342 e. The lowest BCUT2D eigenvalue weighted by molar-refractivity contribution is -0.137. The van der Waals surface area contributed by atoms with Crippen molar-refractivity contribution in [2.45, 2.75) is 69.1 Å². The Kier molecular flexibility index (Phi) is 4.50. The Morgan fingerprint density at radius 3 is 2.24 bits per heavy atom. The largest absolute Gasteiger partial charge is 0.416 e. The van der Waals surface area contributed by atoms with Gasteiger partial charge in [0.15, 0.2) is 5.17 Å². The number of halogens is 3. The van der Waals surface area contributed by atoms with Crippen LogP contribution in [-0.4, -0.2) is 27.4 Å². The van der Waals surface area contributed by atoms with E-state index in [-0.39, 0.29) is 5.54 Å². The van der Waals surface area contributed by atoms with Gasteiger partial charge in [0.2, 0.25) is 0 Å². The number of hydrogen-bond donors (Lipinski definition) is 0. The molecule has 136 valence electrons. The van der Waals surface area contributed by atoms with Crippen LogP contribution in [0.4, 0.5) is 18.9 Å². The van der Waals surface area contributed by atoms with Crippen molar-refractivity contribution in [2.75, 3.05) is 5.75 Å². The average molecular weight is 368 g/mol. The molecule has 1 aromatic rings. The molecule has 1 aliphatic heterocycles. The highest BCUT2D eigenvalue weighted by Gasteiger charge is 2.49. The highest BCUT2D eigenvalue weighted by Crippen LogP contribution is 2.48. The van der Waals surface area contributed by atoms with Crippen molar-refractivity contribution in [1.29, 1.82) is 0 Å². The molecule has 4 rings (SSSR count). The molecule has 2 aliphatic carbocycles. The van der Waals surface area contributed by atoms with Gasteiger partial charge in [-0.3, -0.25) is 0 Å². The lowest BCUT2D eigenvalue weighted by Gasteiger charge is -2.40. The Balaban J connectivity index is 1.62. The summed E-state index contributed by atoms with van der Waals surface area (Å²) in [6.07, 6.45) is 5.69. The maximum absolute atomic E-state index is 12.7. The number of amidine groups is 1. The van der Waals surface area contributed by atoms with E-state index in [4.69, 9.17) is 4.99 Å². The Morgan fingerprint density at radius 2 is 1.64 bits per heavy atom. The van der Waals surface area contributed by atoms with E-state index in [1.807, 2.05) is 0 Å². The zero-order valence-electron chi connectivity index (χ0n) is 14.2. The van der Waals surface area contributed by atoms with E-state index in [2.05, 4.69) is 4.90 Å². The average Bonchev–Trinajstić information content (AvgIpc) is 3.31. The van der Waals surface area contributed by atoms with E-state index in [1.54, 1.807) is 11.8 Å². The third-order valence-electron chi connectivity index (χ3n) is 5.83. The molecule has 25 heavy (non-hydrogen) atoms. The second-order valence-electron chi connectivity index (χ2n) is 7.47. The van der Waals surface area contributed by atoms with Gasteiger partial charge < -0.3 is 4.90 Å². The summed E-state index contributed by atoms with van der Waals surface area (Å²) < 4.78 is 38.2. The van der Waals surface area contributed by atoms with E-state index in [0.717, 1.165) is 23.1 Å². The number of hydrogen-bond acceptors (Lipinski definition) is 2. The summed E-state index contributed by atoms with van der Waals surface area (Å²) >= 11 is 1.79. The van der Waals surface area contributed by atoms with Crippen molar-refractivity contribution in [3.05, 3.63) is 29.8 Å². The van der Waals surface area contributed by atoms with Crippen molar-refractivity contribution in [1.82, 2.24) is 4.90 Å². The minimum atomic E-state index is -4.29. The normalized spacial score (nSPS) is 25.6. The molecule has 3 aliphatic rings. The van der Waals surface area contributed by atoms with Crippen molar-refractivity contribution in [3.8, 4) is 0 Å². The number of benzene rings is 1. The summed E-state index contributed by atoms with van der Waals surface area (Å²) in [6.45, 7) is 0. The number of nitrogens with zero attached hydrogens (tertiary/aromatic N) is 2. The highest BCUT2D eigenvalue weighted by atomic mass is 32.2. The Labute approximate surface area is 150 Å². The summed E-state index contributed by atoms with van der Waals surface area (Å²) in [5.74, 6) is 1.07. The van der Waals surface area contributed by atoms with Gasteiger partial charge in [0.1, 0.15) is 0 Å². The van der Waals surface area contributed by atoms with Crippen LogP contribution in [0.25, 0.3) is 0 Å². The molecule has 0 amide bonds. The summed E-state index contributed by atoms with van der Waals surface area (Å²) in [6, 6.07) is 5.79. The first-order valence-electron chi connectivity index (χ1n) is 9.16. The third kappa shape index (κ3) is 3.29. The Hall–Kier alpha value is -1.17. The predicted molar refractivity (Wildman–Crippen MR) is 96.3 cm³/mol. The molecule has 0 unspecified atom stereocenters. The van der Waals surface area contributed by atoms with Gasteiger partial charge in [-0.05, 0) is 49.9 Å². The van der Waals surface area contributed by atoms with E-state index in [9.17, 15) is 13.2 Å². The van der Waals surface area contributed by atoms with Crippen LogP contribution in [0.3, 0.4) is 0 Å². The van der Waals surface area contributed by atoms with Crippen LogP contribution in [0.2, 0.25) is 0 Å². The molecule has 0 aromatic heterocycles. The minimum Gasteiger partial charge on any atom is -0.342 e. The second-order valence-corrected chi connectivity index (χ2v) is 8.41. The highest BCUT2D eigenvalue weighted by molar-refractivity contribution is 8.14. The van der Waals surface area contributed by atoms with Gasteiger partial charge in [0, 0.05) is 11.8 Å². The van der Waals surface area contributed by atoms with Crippen LogP contribution in [0.15, 0.2) is 29.3 Å². The first-order valence-corrected chi connectivity index (χ1v) is 10.1. The molecule has 3 fully saturated rings. The molecule has 1 aromatic carbocycles. The van der Waals surface area contributed by atoms with Crippen LogP contribution >= 0.6 is 11.8 Å². The lowest BCUT2D eigenvalue weighted by Crippen LogP contribution is -2.50. The molecule has 2 saturated carbocycles. The first kappa shape index (κ1) is 17.3. The zero-order chi connectivity index (χ0) is 17.5. The molecule has 2 nitrogen and oxygen atoms in total. The molecule has 0 radical (unpaired) electrons. The van der Waals surface area contributed by atoms with Crippen LogP contribution < -0.4 is 0 Å². The number of rotatable bonds is 2. The van der Waals surface area contributed by atoms with E-state index < -0.39 is 11.7 Å². The Morgan fingerprint density at radius 1 is 1.00 bits per heavy atom. The maximum atomic E-state index is 12.7. The molecule has 6 heteroatoms. The van der Waals surface area contributed by atoms with E-state index >= 15 is 0 Å². The van der Waals surface area contributed by atoms with Crippen LogP contribution in [0.1, 0.15) is 56.9 Å². The number of aliphatic imine (C=N–C) groups is 1. The summed E-state index contributed by atoms with van der Waals surface area (Å²) in [5.41, 5.74) is 0.244. The maximum Gasteiger partial charge on any atom is 0.416 e. The van der Waals surface area contributed by atoms with Gasteiger partial charge in [0.05, 0.1) is 16.8 Å². The number of thioether (sulfide) groups is 1. The summed E-state index contributed by atoms with van der Waals surface area (Å²) in [5, 5.41) is 1.02. The molecular formula is C19H23F3N2S. The fraction of sp³-hybridized carbons (Fsp3) is 0.632. The van der Waals surface area contributed by atoms with Gasteiger partial charge >= 0.3 is 6.18 Å². The molecule has 1 saturated heterocycles. The van der Waals surface area contributed by atoms with Gasteiger partial charge in [-0.1, -0.05) is 37.4 Å². The Bertz CT molecular complexity index is 642.